The third-order valence-corrected chi connectivity index (χ3v) is 3.81. The van der Waals surface area contributed by atoms with Gasteiger partial charge in [0.05, 0.1) is 19.6 Å². The molecule has 0 amide bonds. The summed E-state index contributed by atoms with van der Waals surface area (Å²) in [4.78, 5) is 0. The first-order valence-corrected chi connectivity index (χ1v) is 7.06. The third-order valence-electron chi connectivity index (χ3n) is 2.89. The zero-order valence-electron chi connectivity index (χ0n) is 11.0. The van der Waals surface area contributed by atoms with Crippen LogP contribution in [0.15, 0.2) is 36.4 Å². The highest BCUT2D eigenvalue weighted by molar-refractivity contribution is 6.35. The molecule has 20 heavy (non-hydrogen) atoms. The highest BCUT2D eigenvalue weighted by Gasteiger charge is 2.17. The second-order valence-electron chi connectivity index (χ2n) is 4.17. The van der Waals surface area contributed by atoms with E-state index in [1.165, 1.54) is 0 Å². The minimum atomic E-state index is -0.434. The first-order chi connectivity index (χ1) is 9.55. The molecule has 5 heteroatoms. The fourth-order valence-electron chi connectivity index (χ4n) is 1.94. The number of benzene rings is 2. The van der Waals surface area contributed by atoms with Crippen molar-refractivity contribution in [2.24, 2.45) is 0 Å². The van der Waals surface area contributed by atoms with Crippen molar-refractivity contribution in [3.63, 3.8) is 0 Å². The van der Waals surface area contributed by atoms with E-state index in [9.17, 15) is 0 Å². The molecule has 0 heterocycles. The van der Waals surface area contributed by atoms with Crippen molar-refractivity contribution in [2.45, 2.75) is 5.38 Å². The van der Waals surface area contributed by atoms with Gasteiger partial charge < -0.3 is 9.47 Å². The zero-order chi connectivity index (χ0) is 14.7. The van der Waals surface area contributed by atoms with Gasteiger partial charge in [0, 0.05) is 15.6 Å². The summed E-state index contributed by atoms with van der Waals surface area (Å²) in [6, 6.07) is 10.7. The highest BCUT2D eigenvalue weighted by atomic mass is 35.5. The van der Waals surface area contributed by atoms with E-state index in [4.69, 9.17) is 44.3 Å². The van der Waals surface area contributed by atoms with Gasteiger partial charge in [0.25, 0.3) is 0 Å². The Labute approximate surface area is 133 Å². The predicted octanol–water partition coefficient (Wildman–Crippen LogP) is 5.34. The molecule has 106 valence electrons. The molecule has 2 aromatic rings. The topological polar surface area (TPSA) is 18.5 Å². The number of alkyl halides is 1. The summed E-state index contributed by atoms with van der Waals surface area (Å²) in [5.74, 6) is 1.39. The largest absolute Gasteiger partial charge is 0.497 e. The van der Waals surface area contributed by atoms with Crippen LogP contribution in [0, 0.1) is 0 Å². The van der Waals surface area contributed by atoms with Gasteiger partial charge in [-0.05, 0) is 42.0 Å². The van der Waals surface area contributed by atoms with Gasteiger partial charge in [-0.3, -0.25) is 0 Å². The van der Waals surface area contributed by atoms with Gasteiger partial charge in [-0.1, -0.05) is 23.2 Å². The average Bonchev–Trinajstić information content (AvgIpc) is 2.44. The van der Waals surface area contributed by atoms with Crippen molar-refractivity contribution in [2.75, 3.05) is 14.2 Å². The molecule has 0 saturated carbocycles. The molecular weight excluding hydrogens is 319 g/mol. The lowest BCUT2D eigenvalue weighted by Gasteiger charge is -2.16. The second-order valence-corrected chi connectivity index (χ2v) is 5.48. The van der Waals surface area contributed by atoms with Crippen LogP contribution in [0.3, 0.4) is 0 Å². The Morgan fingerprint density at radius 2 is 1.55 bits per heavy atom. The summed E-state index contributed by atoms with van der Waals surface area (Å²) in [7, 11) is 3.20. The average molecular weight is 332 g/mol. The van der Waals surface area contributed by atoms with E-state index < -0.39 is 5.38 Å². The molecule has 0 aliphatic carbocycles. The number of halogens is 3. The molecule has 2 rings (SSSR count). The van der Waals surface area contributed by atoms with Gasteiger partial charge in [0.1, 0.15) is 11.5 Å². The molecule has 0 N–H and O–H groups in total. The number of ether oxygens (including phenoxy) is 2. The first-order valence-electron chi connectivity index (χ1n) is 5.87. The van der Waals surface area contributed by atoms with Crippen LogP contribution in [0.25, 0.3) is 0 Å². The van der Waals surface area contributed by atoms with Gasteiger partial charge in [0.2, 0.25) is 0 Å². The van der Waals surface area contributed by atoms with Gasteiger partial charge in [0.15, 0.2) is 0 Å². The molecule has 0 aliphatic rings. The number of hydrogen-bond acceptors (Lipinski definition) is 2. The standard InChI is InChI=1S/C15H13Cl3O2/c1-19-12-3-4-14(20-2)13(8-12)15(18)9-5-10(16)7-11(17)6-9/h3-8,15H,1-2H3. The molecule has 0 radical (unpaired) electrons. The van der Waals surface area contributed by atoms with Crippen molar-refractivity contribution in [3.8, 4) is 11.5 Å². The number of hydrogen-bond donors (Lipinski definition) is 0. The van der Waals surface area contributed by atoms with Crippen LogP contribution >= 0.6 is 34.8 Å². The number of rotatable bonds is 4. The molecule has 2 nitrogen and oxygen atoms in total. The lowest BCUT2D eigenvalue weighted by molar-refractivity contribution is 0.399. The summed E-state index contributed by atoms with van der Waals surface area (Å²) in [5, 5.41) is 0.649. The lowest BCUT2D eigenvalue weighted by Crippen LogP contribution is -1.98. The lowest BCUT2D eigenvalue weighted by atomic mass is 10.0. The van der Waals surface area contributed by atoms with Crippen molar-refractivity contribution in [1.29, 1.82) is 0 Å². The first kappa shape index (κ1) is 15.3. The van der Waals surface area contributed by atoms with Crippen LogP contribution in [0.1, 0.15) is 16.5 Å². The maximum absolute atomic E-state index is 6.54. The fraction of sp³-hybridized carbons (Fsp3) is 0.200. The van der Waals surface area contributed by atoms with Crippen molar-refractivity contribution < 1.29 is 9.47 Å². The Morgan fingerprint density at radius 3 is 2.10 bits per heavy atom. The maximum Gasteiger partial charge on any atom is 0.124 e. The predicted molar refractivity (Wildman–Crippen MR) is 83.7 cm³/mol. The summed E-state index contributed by atoms with van der Waals surface area (Å²) in [5.41, 5.74) is 1.60. The Hall–Kier alpha value is -1.09. The summed E-state index contributed by atoms with van der Waals surface area (Å²) in [6.45, 7) is 0. The molecular formula is C15H13Cl3O2. The Kier molecular flexibility index (Phi) is 5.03. The van der Waals surface area contributed by atoms with Crippen LogP contribution in [0.5, 0.6) is 11.5 Å². The van der Waals surface area contributed by atoms with Gasteiger partial charge in [-0.2, -0.15) is 0 Å². The molecule has 1 unspecified atom stereocenters. The normalized spacial score (nSPS) is 12.1. The Bertz CT molecular complexity index is 594. The molecule has 1 atom stereocenters. The van der Waals surface area contributed by atoms with Crippen molar-refractivity contribution >= 4 is 34.8 Å². The third kappa shape index (κ3) is 3.32. The SMILES string of the molecule is COc1ccc(OC)c(C(Cl)c2cc(Cl)cc(Cl)c2)c1. The quantitative estimate of drug-likeness (QED) is 0.704. The van der Waals surface area contributed by atoms with Gasteiger partial charge in [-0.15, -0.1) is 11.6 Å². The molecule has 0 spiro atoms. The van der Waals surface area contributed by atoms with E-state index in [1.54, 1.807) is 32.4 Å². The van der Waals surface area contributed by atoms with Crippen molar-refractivity contribution in [3.05, 3.63) is 57.6 Å². The molecule has 0 bridgehead atoms. The van der Waals surface area contributed by atoms with Crippen LogP contribution in [-0.2, 0) is 0 Å². The van der Waals surface area contributed by atoms with E-state index in [-0.39, 0.29) is 0 Å². The van der Waals surface area contributed by atoms with Crippen LogP contribution < -0.4 is 9.47 Å². The summed E-state index contributed by atoms with van der Waals surface area (Å²) < 4.78 is 10.6. The maximum atomic E-state index is 6.54. The van der Waals surface area contributed by atoms with E-state index >= 15 is 0 Å². The van der Waals surface area contributed by atoms with Gasteiger partial charge in [-0.25, -0.2) is 0 Å². The second kappa shape index (κ2) is 6.57. The van der Waals surface area contributed by atoms with Crippen LogP contribution in [0.4, 0.5) is 0 Å². The Balaban J connectivity index is 2.48. The Morgan fingerprint density at radius 1 is 0.900 bits per heavy atom. The van der Waals surface area contributed by atoms with E-state index in [1.807, 2.05) is 18.2 Å². The molecule has 0 saturated heterocycles. The van der Waals surface area contributed by atoms with Gasteiger partial charge >= 0.3 is 0 Å². The summed E-state index contributed by atoms with van der Waals surface area (Å²) in [6.07, 6.45) is 0. The monoisotopic (exact) mass is 330 g/mol. The molecule has 2 aromatic carbocycles. The zero-order valence-corrected chi connectivity index (χ0v) is 13.3. The van der Waals surface area contributed by atoms with Crippen molar-refractivity contribution in [1.82, 2.24) is 0 Å². The molecule has 0 aliphatic heterocycles. The molecule has 0 aromatic heterocycles. The molecule has 0 fully saturated rings. The van der Waals surface area contributed by atoms with Crippen LogP contribution in [0.2, 0.25) is 10.0 Å². The minimum absolute atomic E-state index is 0.434. The minimum Gasteiger partial charge on any atom is -0.497 e. The highest BCUT2D eigenvalue weighted by Crippen LogP contribution is 2.38. The van der Waals surface area contributed by atoms with E-state index in [0.29, 0.717) is 21.5 Å². The van der Waals surface area contributed by atoms with E-state index in [0.717, 1.165) is 11.1 Å². The van der Waals surface area contributed by atoms with Crippen LogP contribution in [-0.4, -0.2) is 14.2 Å². The number of methoxy groups -OCH3 is 2. The smallest absolute Gasteiger partial charge is 0.124 e. The summed E-state index contributed by atoms with van der Waals surface area (Å²) >= 11 is 18.6. The fourth-order valence-corrected chi connectivity index (χ4v) is 2.78. The van der Waals surface area contributed by atoms with E-state index in [2.05, 4.69) is 0 Å².